The van der Waals surface area contributed by atoms with Gasteiger partial charge >= 0.3 is 0 Å². The van der Waals surface area contributed by atoms with Gasteiger partial charge in [-0.1, -0.05) is 76.6 Å². The highest BCUT2D eigenvalue weighted by atomic mass is 32.2. The number of unbranched alkanes of at least 4 members (excludes halogenated alkanes) is 6. The van der Waals surface area contributed by atoms with Crippen LogP contribution in [0.15, 0.2) is 58.0 Å². The zero-order valence-electron chi connectivity index (χ0n) is 22.3. The minimum absolute atomic E-state index is 0.0214. The van der Waals surface area contributed by atoms with E-state index in [1.807, 2.05) is 19.1 Å². The molecule has 0 bridgehead atoms. The summed E-state index contributed by atoms with van der Waals surface area (Å²) in [5, 5.41) is 9.58. The highest BCUT2D eigenvalue weighted by Gasteiger charge is 2.37. The molecule has 0 atom stereocenters. The van der Waals surface area contributed by atoms with Crippen molar-refractivity contribution in [3.63, 3.8) is 0 Å². The van der Waals surface area contributed by atoms with Crippen molar-refractivity contribution in [3.05, 3.63) is 81.2 Å². The Morgan fingerprint density at radius 2 is 1.65 bits per heavy atom. The van der Waals surface area contributed by atoms with Crippen LogP contribution in [-0.4, -0.2) is 21.5 Å². The maximum Gasteiger partial charge on any atom is 0.270 e. The first-order valence-corrected chi connectivity index (χ1v) is 14.8. The van der Waals surface area contributed by atoms with Crippen LogP contribution in [0.25, 0.3) is 16.5 Å². The van der Waals surface area contributed by atoms with Gasteiger partial charge in [0.2, 0.25) is 9.84 Å². The van der Waals surface area contributed by atoms with E-state index >= 15 is 0 Å². The van der Waals surface area contributed by atoms with Gasteiger partial charge in [0, 0.05) is 24.4 Å². The van der Waals surface area contributed by atoms with Crippen molar-refractivity contribution in [2.45, 2.75) is 77.0 Å². The monoisotopic (exact) mass is 515 g/mol. The number of nitriles is 1. The van der Waals surface area contributed by atoms with E-state index in [0.29, 0.717) is 5.56 Å². The molecule has 0 spiro atoms. The predicted octanol–water partition coefficient (Wildman–Crippen LogP) is 7.94. The van der Waals surface area contributed by atoms with E-state index in [-0.39, 0.29) is 21.1 Å². The topological polar surface area (TPSA) is 65.5 Å². The molecular weight excluding hydrogens is 478 g/mol. The van der Waals surface area contributed by atoms with E-state index in [1.165, 1.54) is 44.6 Å². The van der Waals surface area contributed by atoms with Crippen molar-refractivity contribution in [1.29, 1.82) is 5.26 Å². The maximum atomic E-state index is 13.4. The predicted molar refractivity (Wildman–Crippen MR) is 152 cm³/mol. The Kier molecular flexibility index (Phi) is 10.1. The van der Waals surface area contributed by atoms with E-state index < -0.39 is 9.84 Å². The highest BCUT2D eigenvalue weighted by molar-refractivity contribution is 7.96. The number of fused-ring (bicyclic) bond motifs is 1. The van der Waals surface area contributed by atoms with Crippen molar-refractivity contribution in [3.8, 4) is 6.07 Å². The molecule has 0 aliphatic carbocycles. The molecule has 6 heteroatoms. The van der Waals surface area contributed by atoms with Crippen LogP contribution in [0.5, 0.6) is 0 Å². The third-order valence-corrected chi connectivity index (χ3v) is 8.74. The molecule has 2 aromatic carbocycles. The zero-order valence-corrected chi connectivity index (χ0v) is 23.1. The van der Waals surface area contributed by atoms with E-state index in [9.17, 15) is 13.7 Å². The Morgan fingerprint density at radius 1 is 1.00 bits per heavy atom. The number of allylic oxidation sites excluding steroid dienone is 2. The lowest BCUT2D eigenvalue weighted by atomic mass is 10.0. The van der Waals surface area contributed by atoms with Gasteiger partial charge in [0.15, 0.2) is 0 Å². The van der Waals surface area contributed by atoms with Crippen LogP contribution in [-0.2, 0) is 9.84 Å². The molecule has 0 radical (unpaired) electrons. The summed E-state index contributed by atoms with van der Waals surface area (Å²) in [7, 11) is -3.84. The minimum Gasteiger partial charge on any atom is -0.372 e. The third-order valence-electron chi connectivity index (χ3n) is 6.90. The molecule has 1 aliphatic rings. The normalized spacial score (nSPS) is 16.2. The van der Waals surface area contributed by atoms with Crippen LogP contribution in [0.4, 0.5) is 5.69 Å². The molecule has 194 valence electrons. The van der Waals surface area contributed by atoms with Gasteiger partial charge in [-0.25, -0.2) is 18.5 Å². The average molecular weight is 516 g/mol. The first-order valence-electron chi connectivity index (χ1n) is 13.3. The number of hydrogen-bond donors (Lipinski definition) is 0. The second-order valence-electron chi connectivity index (χ2n) is 9.60. The summed E-state index contributed by atoms with van der Waals surface area (Å²) in [5.41, 5.74) is 3.29. The molecule has 0 saturated heterocycles. The maximum absolute atomic E-state index is 13.4. The number of aryl methyl sites for hydroxylation is 1. The standard InChI is InChI=1S/C31H37N3O2S/c1-5-7-9-13-19-34(20-14-10-8-6-2)26-18-17-25(24(3)21-26)22-30-31(28(23-32)33-4)27-15-11-12-16-29(27)37(30,35)36/h11-12,15-18,21-22H,5-10,13-14,19-20H2,1-3H3/b30-22-,31-28-. The largest absolute Gasteiger partial charge is 0.372 e. The molecule has 0 fully saturated rings. The summed E-state index contributed by atoms with van der Waals surface area (Å²) >= 11 is 0. The van der Waals surface area contributed by atoms with Crippen LogP contribution in [0.3, 0.4) is 0 Å². The van der Waals surface area contributed by atoms with E-state index in [4.69, 9.17) is 6.57 Å². The lowest BCUT2D eigenvalue weighted by Gasteiger charge is -2.26. The second kappa shape index (κ2) is 13.3. The van der Waals surface area contributed by atoms with Gasteiger partial charge < -0.3 is 4.90 Å². The molecule has 37 heavy (non-hydrogen) atoms. The van der Waals surface area contributed by atoms with Gasteiger partial charge in [0.05, 0.1) is 22.4 Å². The Morgan fingerprint density at radius 3 is 2.22 bits per heavy atom. The Bertz CT molecular complexity index is 1330. The van der Waals surface area contributed by atoms with Gasteiger partial charge in [-0.2, -0.15) is 0 Å². The van der Waals surface area contributed by atoms with Crippen molar-refractivity contribution in [1.82, 2.24) is 0 Å². The molecule has 0 unspecified atom stereocenters. The molecule has 0 N–H and O–H groups in total. The molecule has 5 nitrogen and oxygen atoms in total. The summed E-state index contributed by atoms with van der Waals surface area (Å²) in [6.07, 6.45) is 11.3. The molecule has 3 rings (SSSR count). The number of hydrogen-bond acceptors (Lipinski definition) is 4. The SMILES string of the molecule is [C-]#[N+]/C(C#N)=C1\C(=C\c2ccc(N(CCCCCC)CCCCCC)cc2C)S(=O)(=O)c2ccccc21. The number of rotatable bonds is 12. The van der Waals surface area contributed by atoms with Crippen LogP contribution < -0.4 is 4.90 Å². The van der Waals surface area contributed by atoms with Gasteiger partial charge in [-0.3, -0.25) is 0 Å². The summed E-state index contributed by atoms with van der Waals surface area (Å²) in [5.74, 6) is 0. The lowest BCUT2D eigenvalue weighted by molar-refractivity contribution is 0.604. The molecule has 0 saturated carbocycles. The number of anilines is 1. The minimum atomic E-state index is -3.84. The molecular formula is C31H37N3O2S. The van der Waals surface area contributed by atoms with Gasteiger partial charge in [-0.05, 0) is 60.7 Å². The van der Waals surface area contributed by atoms with Crippen molar-refractivity contribution >= 4 is 27.2 Å². The Hall–Kier alpha value is -3.35. The van der Waals surface area contributed by atoms with Crippen molar-refractivity contribution < 1.29 is 8.42 Å². The van der Waals surface area contributed by atoms with Crippen molar-refractivity contribution in [2.24, 2.45) is 0 Å². The fourth-order valence-corrected chi connectivity index (χ4v) is 6.52. The average Bonchev–Trinajstić information content (AvgIpc) is 3.11. The first kappa shape index (κ1) is 28.2. The molecule has 0 amide bonds. The van der Waals surface area contributed by atoms with Gasteiger partial charge in [0.25, 0.3) is 5.70 Å². The van der Waals surface area contributed by atoms with Crippen LogP contribution in [0.1, 0.15) is 81.9 Å². The summed E-state index contributed by atoms with van der Waals surface area (Å²) in [6.45, 7) is 15.9. The molecule has 2 aromatic rings. The van der Waals surface area contributed by atoms with Crippen LogP contribution in [0, 0.1) is 24.8 Å². The van der Waals surface area contributed by atoms with E-state index in [0.717, 1.165) is 42.7 Å². The summed E-state index contributed by atoms with van der Waals surface area (Å²) in [6, 6.07) is 14.6. The fraction of sp³-hybridized carbons (Fsp3) is 0.419. The smallest absolute Gasteiger partial charge is 0.270 e. The molecule has 1 aliphatic heterocycles. The summed E-state index contributed by atoms with van der Waals surface area (Å²) < 4.78 is 26.9. The lowest BCUT2D eigenvalue weighted by Crippen LogP contribution is -2.25. The van der Waals surface area contributed by atoms with Crippen molar-refractivity contribution in [2.75, 3.05) is 18.0 Å². The number of sulfone groups is 1. The number of nitrogens with zero attached hydrogens (tertiary/aromatic N) is 3. The van der Waals surface area contributed by atoms with Crippen LogP contribution in [0.2, 0.25) is 0 Å². The molecule has 1 heterocycles. The Balaban J connectivity index is 1.99. The first-order chi connectivity index (χ1) is 17.9. The molecule has 0 aromatic heterocycles. The van der Waals surface area contributed by atoms with E-state index in [1.54, 1.807) is 24.3 Å². The van der Waals surface area contributed by atoms with Crippen LogP contribution >= 0.6 is 0 Å². The number of benzene rings is 2. The van der Waals surface area contributed by atoms with Gasteiger partial charge in [-0.15, -0.1) is 0 Å². The Labute approximate surface area is 222 Å². The summed E-state index contributed by atoms with van der Waals surface area (Å²) in [4.78, 5) is 5.97. The zero-order chi connectivity index (χ0) is 26.8. The fourth-order valence-electron chi connectivity index (χ4n) is 4.81. The quantitative estimate of drug-likeness (QED) is 0.163. The third kappa shape index (κ3) is 6.51. The highest BCUT2D eigenvalue weighted by Crippen LogP contribution is 2.45. The van der Waals surface area contributed by atoms with Gasteiger partial charge in [0.1, 0.15) is 0 Å². The van der Waals surface area contributed by atoms with E-state index in [2.05, 4.69) is 35.7 Å². The second-order valence-corrected chi connectivity index (χ2v) is 11.5.